The molecule has 6 heteroatoms. The van der Waals surface area contributed by atoms with Gasteiger partial charge < -0.3 is 11.1 Å². The molecule has 1 aromatic carbocycles. The van der Waals surface area contributed by atoms with Gasteiger partial charge in [0.15, 0.2) is 0 Å². The van der Waals surface area contributed by atoms with E-state index in [0.717, 1.165) is 43.4 Å². The summed E-state index contributed by atoms with van der Waals surface area (Å²) in [4.78, 5) is 15.0. The fourth-order valence-electron chi connectivity index (χ4n) is 4.49. The molecule has 0 saturated heterocycles. The van der Waals surface area contributed by atoms with Crippen molar-refractivity contribution in [2.45, 2.75) is 70.2 Å². The minimum Gasteiger partial charge on any atom is -0.349 e. The van der Waals surface area contributed by atoms with Crippen LogP contribution in [-0.2, 0) is 24.4 Å². The van der Waals surface area contributed by atoms with E-state index >= 15 is 0 Å². The Hall–Kier alpha value is -2.18. The lowest BCUT2D eigenvalue weighted by atomic mass is 9.94. The Balaban J connectivity index is 1.36. The summed E-state index contributed by atoms with van der Waals surface area (Å²) in [6.07, 6.45) is 7.90. The van der Waals surface area contributed by atoms with Crippen LogP contribution in [-0.4, -0.2) is 33.2 Å². The molecule has 2 aromatic rings. The molecule has 0 unspecified atom stereocenters. The summed E-state index contributed by atoms with van der Waals surface area (Å²) < 4.78 is 2.13. The van der Waals surface area contributed by atoms with Gasteiger partial charge in [-0.1, -0.05) is 49.6 Å². The molecule has 6 nitrogen and oxygen atoms in total. The molecule has 1 fully saturated rings. The first-order valence-electron chi connectivity index (χ1n) is 10.6. The summed E-state index contributed by atoms with van der Waals surface area (Å²) in [6.45, 7) is 3.50. The Morgan fingerprint density at radius 1 is 1.14 bits per heavy atom. The smallest absolute Gasteiger partial charge is 0.241 e. The second-order valence-corrected chi connectivity index (χ2v) is 8.07. The van der Waals surface area contributed by atoms with E-state index in [0.29, 0.717) is 6.54 Å². The Morgan fingerprint density at radius 3 is 2.71 bits per heavy atom. The maximum atomic E-state index is 12.4. The van der Waals surface area contributed by atoms with Gasteiger partial charge in [-0.25, -0.2) is 0 Å². The summed E-state index contributed by atoms with van der Waals surface area (Å²) in [5.74, 6) is -0.168. The van der Waals surface area contributed by atoms with Gasteiger partial charge in [-0.05, 0) is 30.9 Å². The van der Waals surface area contributed by atoms with Crippen molar-refractivity contribution < 1.29 is 4.79 Å². The molecule has 4 rings (SSSR count). The SMILES string of the molecule is N[C@@H](C(=O)NCc1cc2n(n1)CCCN(C1CCCCC1)C2)c1ccccc1. The zero-order valence-corrected chi connectivity index (χ0v) is 16.5. The number of nitrogens with two attached hydrogens (primary N) is 1. The monoisotopic (exact) mass is 381 g/mol. The molecule has 28 heavy (non-hydrogen) atoms. The van der Waals surface area contributed by atoms with E-state index in [1.54, 1.807) is 0 Å². The molecular weight excluding hydrogens is 350 g/mol. The van der Waals surface area contributed by atoms with Crippen LogP contribution in [0.4, 0.5) is 0 Å². The molecule has 2 heterocycles. The first-order chi connectivity index (χ1) is 13.7. The van der Waals surface area contributed by atoms with Gasteiger partial charge in [-0.2, -0.15) is 5.10 Å². The number of benzene rings is 1. The van der Waals surface area contributed by atoms with Gasteiger partial charge in [-0.3, -0.25) is 14.4 Å². The molecule has 1 aromatic heterocycles. The molecule has 1 aliphatic carbocycles. The van der Waals surface area contributed by atoms with E-state index in [2.05, 4.69) is 21.0 Å². The van der Waals surface area contributed by atoms with Crippen LogP contribution >= 0.6 is 0 Å². The Labute approximate surface area is 167 Å². The zero-order chi connectivity index (χ0) is 19.3. The van der Waals surface area contributed by atoms with E-state index in [1.807, 2.05) is 30.3 Å². The lowest BCUT2D eigenvalue weighted by molar-refractivity contribution is -0.122. The van der Waals surface area contributed by atoms with Gasteiger partial charge in [-0.15, -0.1) is 0 Å². The Bertz CT molecular complexity index is 781. The molecule has 1 amide bonds. The third kappa shape index (κ3) is 4.45. The predicted octanol–water partition coefficient (Wildman–Crippen LogP) is 2.74. The van der Waals surface area contributed by atoms with E-state index in [9.17, 15) is 4.79 Å². The number of aromatic nitrogens is 2. The second kappa shape index (κ2) is 8.88. The molecular formula is C22H31N5O. The summed E-state index contributed by atoms with van der Waals surface area (Å²) in [7, 11) is 0. The van der Waals surface area contributed by atoms with Crippen LogP contribution in [0.3, 0.4) is 0 Å². The molecule has 0 bridgehead atoms. The third-order valence-corrected chi connectivity index (χ3v) is 6.07. The third-order valence-electron chi connectivity index (χ3n) is 6.07. The first-order valence-corrected chi connectivity index (χ1v) is 10.6. The molecule has 150 valence electrons. The van der Waals surface area contributed by atoms with Crippen molar-refractivity contribution in [2.75, 3.05) is 6.54 Å². The minimum atomic E-state index is -0.650. The maximum Gasteiger partial charge on any atom is 0.241 e. The number of nitrogens with one attached hydrogen (secondary N) is 1. The fourth-order valence-corrected chi connectivity index (χ4v) is 4.49. The number of carbonyl (C=O) groups excluding carboxylic acids is 1. The lowest BCUT2D eigenvalue weighted by Gasteiger charge is -2.33. The van der Waals surface area contributed by atoms with Gasteiger partial charge in [0.2, 0.25) is 5.91 Å². The van der Waals surface area contributed by atoms with Crippen LogP contribution in [0.1, 0.15) is 61.5 Å². The Morgan fingerprint density at radius 2 is 1.93 bits per heavy atom. The van der Waals surface area contributed by atoms with E-state index < -0.39 is 6.04 Å². The van der Waals surface area contributed by atoms with Gasteiger partial charge >= 0.3 is 0 Å². The number of fused-ring (bicyclic) bond motifs is 1. The second-order valence-electron chi connectivity index (χ2n) is 8.07. The first kappa shape index (κ1) is 19.2. The van der Waals surface area contributed by atoms with Crippen molar-refractivity contribution in [2.24, 2.45) is 5.73 Å². The highest BCUT2D eigenvalue weighted by Crippen LogP contribution is 2.26. The summed E-state index contributed by atoms with van der Waals surface area (Å²) in [5, 5.41) is 7.67. The molecule has 2 aliphatic rings. The van der Waals surface area contributed by atoms with Gasteiger partial charge in [0.05, 0.1) is 17.9 Å². The van der Waals surface area contributed by atoms with Crippen LogP contribution in [0, 0.1) is 0 Å². The van der Waals surface area contributed by atoms with Gasteiger partial charge in [0, 0.05) is 25.7 Å². The van der Waals surface area contributed by atoms with E-state index in [-0.39, 0.29) is 5.91 Å². The molecule has 1 saturated carbocycles. The van der Waals surface area contributed by atoms with Crippen molar-refractivity contribution >= 4 is 5.91 Å². The molecule has 3 N–H and O–H groups in total. The number of rotatable bonds is 5. The van der Waals surface area contributed by atoms with Crippen molar-refractivity contribution in [3.05, 3.63) is 53.3 Å². The van der Waals surface area contributed by atoms with Crippen LogP contribution < -0.4 is 11.1 Å². The quantitative estimate of drug-likeness (QED) is 0.835. The number of amides is 1. The van der Waals surface area contributed by atoms with Crippen molar-refractivity contribution in [3.63, 3.8) is 0 Å². The minimum absolute atomic E-state index is 0.168. The van der Waals surface area contributed by atoms with Crippen LogP contribution in [0.15, 0.2) is 36.4 Å². The molecule has 0 radical (unpaired) electrons. The molecule has 1 atom stereocenters. The van der Waals surface area contributed by atoms with Gasteiger partial charge in [0.25, 0.3) is 0 Å². The number of carbonyl (C=O) groups is 1. The summed E-state index contributed by atoms with van der Waals surface area (Å²) in [6, 6.07) is 11.7. The highest BCUT2D eigenvalue weighted by atomic mass is 16.2. The van der Waals surface area contributed by atoms with Gasteiger partial charge in [0.1, 0.15) is 6.04 Å². The van der Waals surface area contributed by atoms with E-state index in [1.165, 1.54) is 37.8 Å². The lowest BCUT2D eigenvalue weighted by Crippen LogP contribution is -2.36. The van der Waals surface area contributed by atoms with Crippen molar-refractivity contribution in [1.82, 2.24) is 20.0 Å². The zero-order valence-electron chi connectivity index (χ0n) is 16.5. The van der Waals surface area contributed by atoms with Crippen LogP contribution in [0.2, 0.25) is 0 Å². The van der Waals surface area contributed by atoms with Crippen molar-refractivity contribution in [3.8, 4) is 0 Å². The number of nitrogens with zero attached hydrogens (tertiary/aromatic N) is 3. The van der Waals surface area contributed by atoms with Crippen molar-refractivity contribution in [1.29, 1.82) is 0 Å². The average Bonchev–Trinajstić information content (AvgIpc) is 3.02. The normalized spacial score (nSPS) is 19.6. The fraction of sp³-hybridized carbons (Fsp3) is 0.545. The number of hydrogen-bond acceptors (Lipinski definition) is 4. The number of hydrogen-bond donors (Lipinski definition) is 2. The Kier molecular flexibility index (Phi) is 6.07. The molecule has 1 aliphatic heterocycles. The number of aryl methyl sites for hydroxylation is 1. The average molecular weight is 382 g/mol. The summed E-state index contributed by atoms with van der Waals surface area (Å²) in [5.41, 5.74) is 9.07. The standard InChI is InChI=1S/C22H31N5O/c23-21(17-8-3-1-4-9-17)22(28)24-15-18-14-20-16-26(12-7-13-27(20)25-18)19-10-5-2-6-11-19/h1,3-4,8-9,14,19,21H,2,5-7,10-13,15-16,23H2,(H,24,28)/t21-/m1/s1. The summed E-state index contributed by atoms with van der Waals surface area (Å²) >= 11 is 0. The molecule has 0 spiro atoms. The maximum absolute atomic E-state index is 12.4. The highest BCUT2D eigenvalue weighted by molar-refractivity contribution is 5.82. The van der Waals surface area contributed by atoms with Crippen LogP contribution in [0.25, 0.3) is 0 Å². The highest BCUT2D eigenvalue weighted by Gasteiger charge is 2.25. The van der Waals surface area contributed by atoms with E-state index in [4.69, 9.17) is 10.8 Å². The van der Waals surface area contributed by atoms with Crippen LogP contribution in [0.5, 0.6) is 0 Å². The largest absolute Gasteiger partial charge is 0.349 e. The predicted molar refractivity (Wildman–Crippen MR) is 109 cm³/mol. The topological polar surface area (TPSA) is 76.2 Å².